The third-order valence-corrected chi connectivity index (χ3v) is 5.23. The molecule has 3 rings (SSSR count). The molecule has 10 nitrogen and oxygen atoms in total. The highest BCUT2D eigenvalue weighted by Gasteiger charge is 2.31. The van der Waals surface area contributed by atoms with Crippen LogP contribution in [0.4, 0.5) is 9.18 Å². The van der Waals surface area contributed by atoms with Gasteiger partial charge in [-0.2, -0.15) is 0 Å². The van der Waals surface area contributed by atoms with Gasteiger partial charge in [0.15, 0.2) is 5.96 Å². The number of hydrogen-bond donors (Lipinski definition) is 2. The zero-order valence-corrected chi connectivity index (χ0v) is 19.5. The van der Waals surface area contributed by atoms with E-state index in [0.717, 1.165) is 0 Å². The summed E-state index contributed by atoms with van der Waals surface area (Å²) in [6, 6.07) is 4.86. The molecule has 0 spiro atoms. The number of benzene rings is 1. The van der Waals surface area contributed by atoms with Gasteiger partial charge in [0.1, 0.15) is 18.5 Å². The zero-order chi connectivity index (χ0) is 24.9. The second kappa shape index (κ2) is 10.4. The van der Waals surface area contributed by atoms with Gasteiger partial charge in [-0.15, -0.1) is 4.99 Å². The van der Waals surface area contributed by atoms with Crippen LogP contribution in [-0.2, 0) is 16.1 Å². The average Bonchev–Trinajstić information content (AvgIpc) is 2.78. The molecule has 0 unspecified atom stereocenters. The van der Waals surface area contributed by atoms with Gasteiger partial charge in [0.2, 0.25) is 5.91 Å². The van der Waals surface area contributed by atoms with Crippen LogP contribution in [0.3, 0.4) is 0 Å². The molecule has 0 aliphatic carbocycles. The van der Waals surface area contributed by atoms with Crippen LogP contribution in [0.1, 0.15) is 39.2 Å². The Balaban J connectivity index is 1.60. The number of carbonyl (C=O) groups excluding carboxylic acids is 2. The molecule has 2 amide bonds. The first-order valence-electron chi connectivity index (χ1n) is 10.9. The number of halogens is 1. The van der Waals surface area contributed by atoms with E-state index in [1.807, 2.05) is 25.7 Å². The molecule has 0 atom stereocenters. The molecule has 0 saturated carbocycles. The highest BCUT2D eigenvalue weighted by Crippen LogP contribution is 2.26. The predicted octanol–water partition coefficient (Wildman–Crippen LogP) is 2.61. The lowest BCUT2D eigenvalue weighted by Crippen LogP contribution is -2.46. The number of aromatic nitrogens is 2. The third kappa shape index (κ3) is 6.40. The fourth-order valence-electron chi connectivity index (χ4n) is 3.51. The van der Waals surface area contributed by atoms with E-state index < -0.39 is 23.3 Å². The Labute approximate surface area is 197 Å². The number of likely N-dealkylation sites (tertiary alicyclic amines) is 1. The van der Waals surface area contributed by atoms with Gasteiger partial charge in [-0.05, 0) is 0 Å². The van der Waals surface area contributed by atoms with Crippen LogP contribution in [0.15, 0.2) is 35.6 Å². The molecule has 4 N–H and O–H groups in total. The summed E-state index contributed by atoms with van der Waals surface area (Å²) in [5, 5.41) is 0. The second-order valence-electron chi connectivity index (χ2n) is 8.98. The van der Waals surface area contributed by atoms with Gasteiger partial charge in [0.05, 0.1) is 0 Å². The maximum atomic E-state index is 14.9. The standard InChI is InChI=1S/C23H29FN6O4/c1-23(2,3)19(31)30-9-7-16(8-10-30)34-21-27-11-15(12-28-21)17-6-4-5-14(18(17)24)13-33-22(32)29-20(25)26/h4-6,11-12,16H,7-10,13H2,1-3H3,(H4,25,26,29,32). The molecule has 1 saturated heterocycles. The van der Waals surface area contributed by atoms with Gasteiger partial charge in [-0.3, -0.25) is 4.79 Å². The van der Waals surface area contributed by atoms with Crippen LogP contribution in [0.5, 0.6) is 6.01 Å². The van der Waals surface area contributed by atoms with E-state index in [0.29, 0.717) is 31.5 Å². The molecule has 182 valence electrons. The van der Waals surface area contributed by atoms with Crippen molar-refractivity contribution in [3.63, 3.8) is 0 Å². The molecule has 0 radical (unpaired) electrons. The van der Waals surface area contributed by atoms with E-state index >= 15 is 0 Å². The number of piperidine rings is 1. The summed E-state index contributed by atoms with van der Waals surface area (Å²) in [5.74, 6) is -0.891. The van der Waals surface area contributed by atoms with E-state index in [2.05, 4.69) is 15.0 Å². The molecule has 0 bridgehead atoms. The van der Waals surface area contributed by atoms with Crippen molar-refractivity contribution in [2.24, 2.45) is 21.9 Å². The van der Waals surface area contributed by atoms with E-state index in [4.69, 9.17) is 20.9 Å². The summed E-state index contributed by atoms with van der Waals surface area (Å²) in [5.41, 5.74) is 10.6. The van der Waals surface area contributed by atoms with Gasteiger partial charge in [0.25, 0.3) is 0 Å². The third-order valence-electron chi connectivity index (χ3n) is 5.23. The minimum absolute atomic E-state index is 0.102. The number of nitrogens with zero attached hydrogens (tertiary/aromatic N) is 4. The number of rotatable bonds is 5. The summed E-state index contributed by atoms with van der Waals surface area (Å²) < 4.78 is 25.7. The van der Waals surface area contributed by atoms with Crippen LogP contribution in [0, 0.1) is 11.2 Å². The van der Waals surface area contributed by atoms with Crippen molar-refractivity contribution in [3.05, 3.63) is 42.0 Å². The number of hydrogen-bond acceptors (Lipinski definition) is 6. The first-order valence-corrected chi connectivity index (χ1v) is 10.9. The highest BCUT2D eigenvalue weighted by molar-refractivity contribution is 5.87. The first kappa shape index (κ1) is 24.9. The minimum atomic E-state index is -1.01. The van der Waals surface area contributed by atoms with Gasteiger partial charge in [-0.25, -0.2) is 19.2 Å². The summed E-state index contributed by atoms with van der Waals surface area (Å²) in [4.78, 5) is 37.4. The number of carbonyl (C=O) groups is 2. The van der Waals surface area contributed by atoms with Crippen molar-refractivity contribution < 1.29 is 23.5 Å². The molecule has 1 aromatic heterocycles. The Kier molecular flexibility index (Phi) is 7.64. The Hall–Kier alpha value is -3.76. The van der Waals surface area contributed by atoms with E-state index in [9.17, 15) is 14.0 Å². The Morgan fingerprint density at radius 3 is 2.41 bits per heavy atom. The van der Waals surface area contributed by atoms with Crippen LogP contribution in [-0.4, -0.2) is 52.0 Å². The Bertz CT molecular complexity index is 1060. The van der Waals surface area contributed by atoms with Crippen LogP contribution >= 0.6 is 0 Å². The van der Waals surface area contributed by atoms with Crippen molar-refractivity contribution in [2.45, 2.75) is 46.3 Å². The second-order valence-corrected chi connectivity index (χ2v) is 8.98. The molecule has 1 aromatic carbocycles. The summed E-state index contributed by atoms with van der Waals surface area (Å²) >= 11 is 0. The van der Waals surface area contributed by atoms with E-state index in [-0.39, 0.29) is 35.8 Å². The Morgan fingerprint density at radius 2 is 1.82 bits per heavy atom. The fourth-order valence-corrected chi connectivity index (χ4v) is 3.51. The molecule has 1 aliphatic rings. The molecule has 11 heteroatoms. The van der Waals surface area contributed by atoms with Crippen LogP contribution in [0.25, 0.3) is 11.1 Å². The van der Waals surface area contributed by atoms with Crippen LogP contribution in [0.2, 0.25) is 0 Å². The number of amides is 2. The lowest BCUT2D eigenvalue weighted by atomic mass is 9.93. The monoisotopic (exact) mass is 472 g/mol. The quantitative estimate of drug-likeness (QED) is 0.499. The van der Waals surface area contributed by atoms with Crippen molar-refractivity contribution in [2.75, 3.05) is 13.1 Å². The summed E-state index contributed by atoms with van der Waals surface area (Å²) in [6.45, 7) is 6.62. The van der Waals surface area contributed by atoms with Gasteiger partial charge in [-0.1, -0.05) is 39.0 Å². The van der Waals surface area contributed by atoms with Gasteiger partial charge < -0.3 is 25.8 Å². The maximum Gasteiger partial charge on any atom is 0.437 e. The first-order chi connectivity index (χ1) is 16.0. The smallest absolute Gasteiger partial charge is 0.437 e. The summed E-state index contributed by atoms with van der Waals surface area (Å²) in [6.07, 6.45) is 3.19. The molecule has 1 aliphatic heterocycles. The SMILES string of the molecule is CC(C)(C)C(=O)N1CCC(Oc2ncc(-c3cccc(COC(=O)N=C(N)N)c3F)cn2)CC1. The lowest BCUT2D eigenvalue weighted by molar-refractivity contribution is -0.141. The highest BCUT2D eigenvalue weighted by atomic mass is 19.1. The topological polar surface area (TPSA) is 146 Å². The fraction of sp³-hybridized carbons (Fsp3) is 0.435. The van der Waals surface area contributed by atoms with Crippen molar-refractivity contribution in [3.8, 4) is 17.1 Å². The van der Waals surface area contributed by atoms with Crippen molar-refractivity contribution >= 4 is 18.0 Å². The van der Waals surface area contributed by atoms with E-state index in [1.54, 1.807) is 12.1 Å². The Morgan fingerprint density at radius 1 is 1.18 bits per heavy atom. The number of aliphatic imine (C=N–C) groups is 1. The van der Waals surface area contributed by atoms with Crippen LogP contribution < -0.4 is 16.2 Å². The van der Waals surface area contributed by atoms with Gasteiger partial charge in [0, 0.05) is 60.4 Å². The molecule has 2 aromatic rings. The number of ether oxygens (including phenoxy) is 2. The molecule has 2 heterocycles. The normalized spacial score (nSPS) is 14.4. The van der Waals surface area contributed by atoms with E-state index in [1.165, 1.54) is 18.5 Å². The molecule has 1 fully saturated rings. The maximum absolute atomic E-state index is 14.9. The minimum Gasteiger partial charge on any atom is -0.460 e. The van der Waals surface area contributed by atoms with Gasteiger partial charge >= 0.3 is 12.1 Å². The molecular formula is C23H29FN6O4. The number of guanidine groups is 1. The largest absolute Gasteiger partial charge is 0.460 e. The zero-order valence-electron chi connectivity index (χ0n) is 19.5. The average molecular weight is 473 g/mol. The lowest BCUT2D eigenvalue weighted by Gasteiger charge is -2.35. The van der Waals surface area contributed by atoms with Crippen molar-refractivity contribution in [1.29, 1.82) is 0 Å². The summed E-state index contributed by atoms with van der Waals surface area (Å²) in [7, 11) is 0. The molecule has 34 heavy (non-hydrogen) atoms. The number of nitrogens with two attached hydrogens (primary N) is 2. The van der Waals surface area contributed by atoms with Crippen molar-refractivity contribution in [1.82, 2.24) is 14.9 Å². The predicted molar refractivity (Wildman–Crippen MR) is 123 cm³/mol. The molecular weight excluding hydrogens is 443 g/mol.